The van der Waals surface area contributed by atoms with E-state index in [0.29, 0.717) is 5.56 Å². The molecule has 3 aromatic carbocycles. The normalized spacial score (nSPS) is 21.4. The lowest BCUT2D eigenvalue weighted by atomic mass is 9.75. The molecule has 1 saturated heterocycles. The Hall–Kier alpha value is -3.85. The fraction of sp³-hybridized carbons (Fsp3) is 0.179. The smallest absolute Gasteiger partial charge is 0.311 e. The molecule has 3 unspecified atom stereocenters. The van der Waals surface area contributed by atoms with E-state index in [-0.39, 0.29) is 38.2 Å². The number of ether oxygens (including phenoxy) is 1. The highest BCUT2D eigenvalue weighted by Gasteiger charge is 2.71. The number of carboxylic acid groups (broad SMARTS) is 1. The number of nitrogens with one attached hydrogen (secondary N) is 1. The molecule has 0 radical (unpaired) electrons. The maximum Gasteiger partial charge on any atom is 0.311 e. The van der Waals surface area contributed by atoms with Crippen LogP contribution in [0.2, 0.25) is 10.0 Å². The van der Waals surface area contributed by atoms with Crippen LogP contribution in [0.25, 0.3) is 0 Å². The van der Waals surface area contributed by atoms with Crippen LogP contribution < -0.4 is 5.32 Å². The third kappa shape index (κ3) is 3.93. The van der Waals surface area contributed by atoms with Crippen molar-refractivity contribution in [3.63, 3.8) is 0 Å². The second kappa shape index (κ2) is 9.47. The van der Waals surface area contributed by atoms with Gasteiger partial charge in [0.2, 0.25) is 23.1 Å². The number of amides is 1. The minimum Gasteiger partial charge on any atom is -0.481 e. The molecule has 1 amide bonds. The largest absolute Gasteiger partial charge is 0.481 e. The third-order valence-corrected chi connectivity index (χ3v) is 7.67. The zero-order valence-corrected chi connectivity index (χ0v) is 21.2. The number of hydrogen-bond acceptors (Lipinski definition) is 6. The maximum absolute atomic E-state index is 13.7. The highest BCUT2D eigenvalue weighted by Crippen LogP contribution is 2.54. The molecule has 1 spiro atoms. The lowest BCUT2D eigenvalue weighted by molar-refractivity contribution is -0.147. The molecule has 192 valence electrons. The number of rotatable bonds is 5. The van der Waals surface area contributed by atoms with Crippen LogP contribution in [0.3, 0.4) is 0 Å². The number of carboxylic acids is 1. The molecule has 8 nitrogen and oxygen atoms in total. The Balaban J connectivity index is 1.63. The summed E-state index contributed by atoms with van der Waals surface area (Å²) >= 11 is 12.3. The summed E-state index contributed by atoms with van der Waals surface area (Å²) in [5.41, 5.74) is -1.43. The highest BCUT2D eigenvalue weighted by molar-refractivity contribution is 6.42. The molecule has 0 saturated carbocycles. The number of anilines is 1. The Bertz CT molecular complexity index is 1500. The molecule has 5 rings (SSSR count). The topological polar surface area (TPSA) is 127 Å². The molecule has 1 aliphatic carbocycles. The van der Waals surface area contributed by atoms with Crippen molar-refractivity contribution < 1.29 is 33.8 Å². The fourth-order valence-corrected chi connectivity index (χ4v) is 5.45. The van der Waals surface area contributed by atoms with Gasteiger partial charge in [-0.15, -0.1) is 0 Å². The summed E-state index contributed by atoms with van der Waals surface area (Å²) in [4.78, 5) is 65.4. The van der Waals surface area contributed by atoms with E-state index in [1.54, 1.807) is 12.1 Å². The van der Waals surface area contributed by atoms with E-state index in [2.05, 4.69) is 5.32 Å². The summed E-state index contributed by atoms with van der Waals surface area (Å²) in [6.45, 7) is 1.40. The summed E-state index contributed by atoms with van der Waals surface area (Å²) in [6.07, 6.45) is -1.33. The number of halogens is 2. The van der Waals surface area contributed by atoms with Crippen LogP contribution in [0.1, 0.15) is 49.7 Å². The van der Waals surface area contributed by atoms with Crippen molar-refractivity contribution in [2.24, 2.45) is 11.8 Å². The van der Waals surface area contributed by atoms with Gasteiger partial charge in [0.1, 0.15) is 5.92 Å². The molecule has 2 N–H and O–H groups in total. The predicted octanol–water partition coefficient (Wildman–Crippen LogP) is 5.04. The number of aliphatic carboxylic acids is 1. The van der Waals surface area contributed by atoms with E-state index in [1.165, 1.54) is 61.5 Å². The van der Waals surface area contributed by atoms with Gasteiger partial charge in [-0.2, -0.15) is 0 Å². The predicted molar refractivity (Wildman–Crippen MR) is 138 cm³/mol. The fourth-order valence-electron chi connectivity index (χ4n) is 5.14. The molecule has 1 aliphatic heterocycles. The van der Waals surface area contributed by atoms with Gasteiger partial charge in [-0.3, -0.25) is 24.0 Å². The lowest BCUT2D eigenvalue weighted by Gasteiger charge is -2.25. The monoisotopic (exact) mass is 551 g/mol. The molecule has 3 aromatic rings. The van der Waals surface area contributed by atoms with Gasteiger partial charge in [-0.1, -0.05) is 53.5 Å². The van der Waals surface area contributed by atoms with Gasteiger partial charge < -0.3 is 15.2 Å². The Morgan fingerprint density at radius 3 is 2.03 bits per heavy atom. The minimum atomic E-state index is -2.45. The van der Waals surface area contributed by atoms with Crippen LogP contribution in [0.4, 0.5) is 5.69 Å². The van der Waals surface area contributed by atoms with E-state index in [0.717, 1.165) is 0 Å². The second-order valence-corrected chi connectivity index (χ2v) is 9.93. The molecule has 0 bridgehead atoms. The third-order valence-electron chi connectivity index (χ3n) is 6.93. The summed E-state index contributed by atoms with van der Waals surface area (Å²) in [5, 5.41) is 13.3. The molecule has 0 aromatic heterocycles. The maximum atomic E-state index is 13.7. The van der Waals surface area contributed by atoms with Gasteiger partial charge >= 0.3 is 5.97 Å². The Labute approximate surface area is 226 Å². The van der Waals surface area contributed by atoms with E-state index < -0.39 is 47.0 Å². The van der Waals surface area contributed by atoms with Crippen LogP contribution in [0.5, 0.6) is 0 Å². The quantitative estimate of drug-likeness (QED) is 0.335. The number of fused-ring (bicyclic) bond motifs is 1. The number of carbonyl (C=O) groups excluding carboxylic acids is 4. The van der Waals surface area contributed by atoms with Crippen molar-refractivity contribution in [1.82, 2.24) is 0 Å². The van der Waals surface area contributed by atoms with Crippen LogP contribution in [0.15, 0.2) is 66.7 Å². The summed E-state index contributed by atoms with van der Waals surface area (Å²) in [5.74, 6) is -7.53. The molecular weight excluding hydrogens is 533 g/mol. The number of Topliss-reactive ketones (excluding diaryl/α,β-unsaturated/α-hetero) is 3. The number of ketones is 3. The van der Waals surface area contributed by atoms with E-state index in [1.807, 2.05) is 0 Å². The number of carbonyl (C=O) groups is 5. The number of hydrogen-bond donors (Lipinski definition) is 2. The zero-order valence-electron chi connectivity index (χ0n) is 19.7. The van der Waals surface area contributed by atoms with Crippen LogP contribution in [0, 0.1) is 11.8 Å². The second-order valence-electron chi connectivity index (χ2n) is 9.12. The van der Waals surface area contributed by atoms with Gasteiger partial charge in [0, 0.05) is 22.4 Å². The SMILES string of the molecule is CC(=O)c1ccc(NC(=O)C2C(c3ccc(Cl)c(Cl)c3)OC3(C(=O)c4ccccc4C3=O)C2C(=O)O)cc1. The molecule has 3 atom stereocenters. The molecule has 10 heteroatoms. The lowest BCUT2D eigenvalue weighted by Crippen LogP contribution is -2.52. The van der Waals surface area contributed by atoms with E-state index >= 15 is 0 Å². The average Bonchev–Trinajstić information content (AvgIpc) is 3.36. The summed E-state index contributed by atoms with van der Waals surface area (Å²) in [6, 6.07) is 16.3. The van der Waals surface area contributed by atoms with Gasteiger partial charge in [0.05, 0.1) is 22.1 Å². The standard InChI is InChI=1S/C28H19Cl2NO7/c1-13(32)14-6-9-16(10-7-14)31-26(35)21-22(27(36)37)28(24(33)17-4-2-3-5-18(17)25(28)34)38-23(21)15-8-11-19(29)20(30)12-15/h2-12,21-23H,1H3,(H,31,35)(H,36,37). The van der Waals surface area contributed by atoms with Gasteiger partial charge in [-0.25, -0.2) is 0 Å². The minimum absolute atomic E-state index is 0.0255. The van der Waals surface area contributed by atoms with Crippen molar-refractivity contribution >= 4 is 58.1 Å². The van der Waals surface area contributed by atoms with Crippen LogP contribution in [-0.2, 0) is 14.3 Å². The first kappa shape index (κ1) is 25.8. The molecule has 2 aliphatic rings. The van der Waals surface area contributed by atoms with Crippen LogP contribution in [-0.4, -0.2) is 39.9 Å². The van der Waals surface area contributed by atoms with Gasteiger partial charge in [0.15, 0.2) is 5.78 Å². The summed E-state index contributed by atoms with van der Waals surface area (Å²) in [7, 11) is 0. The van der Waals surface area contributed by atoms with Crippen molar-refractivity contribution in [2.75, 3.05) is 5.32 Å². The van der Waals surface area contributed by atoms with Gasteiger partial charge in [-0.05, 0) is 48.9 Å². The zero-order chi connectivity index (χ0) is 27.4. The summed E-state index contributed by atoms with van der Waals surface area (Å²) < 4.78 is 6.11. The first-order chi connectivity index (χ1) is 18.1. The van der Waals surface area contributed by atoms with Crippen molar-refractivity contribution in [3.8, 4) is 0 Å². The van der Waals surface area contributed by atoms with Gasteiger partial charge in [0.25, 0.3) is 0 Å². The van der Waals surface area contributed by atoms with Crippen molar-refractivity contribution in [1.29, 1.82) is 0 Å². The van der Waals surface area contributed by atoms with E-state index in [4.69, 9.17) is 27.9 Å². The van der Waals surface area contributed by atoms with Crippen molar-refractivity contribution in [2.45, 2.75) is 18.6 Å². The molecule has 1 fully saturated rings. The Kier molecular flexibility index (Phi) is 6.43. The molecule has 38 heavy (non-hydrogen) atoms. The molecule has 1 heterocycles. The van der Waals surface area contributed by atoms with Crippen molar-refractivity contribution in [3.05, 3.63) is 99.0 Å². The first-order valence-electron chi connectivity index (χ1n) is 11.5. The Morgan fingerprint density at radius 1 is 0.895 bits per heavy atom. The van der Waals surface area contributed by atoms with E-state index in [9.17, 15) is 29.1 Å². The highest BCUT2D eigenvalue weighted by atomic mass is 35.5. The average molecular weight is 552 g/mol. The molecular formula is C28H19Cl2NO7. The first-order valence-corrected chi connectivity index (χ1v) is 12.3. The Morgan fingerprint density at radius 2 is 1.50 bits per heavy atom. The number of benzene rings is 3. The van der Waals surface area contributed by atoms with Crippen LogP contribution >= 0.6 is 23.2 Å².